The molecule has 0 spiro atoms. The van der Waals surface area contributed by atoms with E-state index in [0.29, 0.717) is 18.1 Å². The van der Waals surface area contributed by atoms with Gasteiger partial charge in [-0.3, -0.25) is 0 Å². The minimum atomic E-state index is -2.79. The fourth-order valence-corrected chi connectivity index (χ4v) is 4.67. The lowest BCUT2D eigenvalue weighted by Gasteiger charge is -2.47. The zero-order valence-corrected chi connectivity index (χ0v) is 10.2. The number of nitrogens with zero attached hydrogens (tertiary/aromatic N) is 1. The molecule has 0 amide bonds. The molecule has 0 N–H and O–H groups in total. The zero-order valence-electron chi connectivity index (χ0n) is 8.64. The average molecular weight is 258 g/mol. The number of hydrogen-bond donors (Lipinski definition) is 0. The summed E-state index contributed by atoms with van der Waals surface area (Å²) in [4.78, 5) is 2.12. The average Bonchev–Trinajstić information content (AvgIpc) is 2.29. The summed E-state index contributed by atoms with van der Waals surface area (Å²) < 4.78 is 23.2. The van der Waals surface area contributed by atoms with E-state index < -0.39 is 9.84 Å². The molecule has 3 heterocycles. The second kappa shape index (κ2) is 3.37. The Kier molecular flexibility index (Phi) is 2.20. The Labute approximate surface area is 99.9 Å². The summed E-state index contributed by atoms with van der Waals surface area (Å²) in [6.45, 7) is 1.22. The van der Waals surface area contributed by atoms with Crippen molar-refractivity contribution < 1.29 is 8.42 Å². The topological polar surface area (TPSA) is 37.4 Å². The van der Waals surface area contributed by atoms with Gasteiger partial charge in [-0.25, -0.2) is 8.42 Å². The van der Waals surface area contributed by atoms with Gasteiger partial charge in [-0.15, -0.1) is 0 Å². The van der Waals surface area contributed by atoms with E-state index in [1.165, 1.54) is 0 Å². The largest absolute Gasteiger partial charge is 0.369 e. The number of hydrogen-bond acceptors (Lipinski definition) is 3. The van der Waals surface area contributed by atoms with Crippen molar-refractivity contribution >= 4 is 27.1 Å². The van der Waals surface area contributed by atoms with Crippen molar-refractivity contribution in [3.63, 3.8) is 0 Å². The van der Waals surface area contributed by atoms with E-state index in [2.05, 4.69) is 4.90 Å². The minimum Gasteiger partial charge on any atom is -0.369 e. The van der Waals surface area contributed by atoms with Crippen LogP contribution in [0.2, 0.25) is 5.02 Å². The van der Waals surface area contributed by atoms with Gasteiger partial charge in [0, 0.05) is 23.8 Å². The molecule has 5 heteroatoms. The zero-order chi connectivity index (χ0) is 11.3. The third-order valence-corrected chi connectivity index (χ3v) is 6.25. The van der Waals surface area contributed by atoms with E-state index in [9.17, 15) is 8.42 Å². The minimum absolute atomic E-state index is 0.162. The number of fused-ring (bicyclic) bond motifs is 2. The Bertz CT molecular complexity index is 511. The van der Waals surface area contributed by atoms with E-state index in [-0.39, 0.29) is 10.5 Å². The van der Waals surface area contributed by atoms with E-state index in [1.807, 2.05) is 24.3 Å². The molecule has 4 rings (SSSR count). The maximum absolute atomic E-state index is 11.6. The Morgan fingerprint density at radius 2 is 1.94 bits per heavy atom. The number of piperidine rings is 1. The standard InChI is InChI=1S/C11H12ClNO2S/c12-8-2-1-3-9(4-8)13-6-10-5-11(7-13)16(10,14)15/h1-4,10-11H,5-7H2. The first-order valence-electron chi connectivity index (χ1n) is 5.30. The van der Waals surface area contributed by atoms with Crippen molar-refractivity contribution in [1.29, 1.82) is 0 Å². The Balaban J connectivity index is 1.86. The summed E-state index contributed by atoms with van der Waals surface area (Å²) in [6.07, 6.45) is 0.833. The summed E-state index contributed by atoms with van der Waals surface area (Å²) in [5, 5.41) is 0.370. The number of benzene rings is 1. The Morgan fingerprint density at radius 3 is 2.50 bits per heavy atom. The number of anilines is 1. The molecule has 3 fully saturated rings. The van der Waals surface area contributed by atoms with Gasteiger partial charge in [-0.2, -0.15) is 0 Å². The van der Waals surface area contributed by atoms with Crippen LogP contribution in [0, 0.1) is 0 Å². The summed E-state index contributed by atoms with van der Waals surface area (Å²) in [5.41, 5.74) is 1.03. The SMILES string of the molecule is O=S1(=O)C2CC1CN(c1cccc(Cl)c1)C2. The fourth-order valence-electron chi connectivity index (χ4n) is 2.52. The van der Waals surface area contributed by atoms with Crippen LogP contribution in [0.25, 0.3) is 0 Å². The second-order valence-electron chi connectivity index (χ2n) is 4.45. The lowest BCUT2D eigenvalue weighted by Crippen LogP contribution is -2.62. The van der Waals surface area contributed by atoms with Gasteiger partial charge in [0.15, 0.2) is 9.84 Å². The molecule has 1 aromatic rings. The molecule has 1 aromatic carbocycles. The normalized spacial score (nSPS) is 30.9. The Hall–Kier alpha value is -0.740. The summed E-state index contributed by atoms with van der Waals surface area (Å²) in [7, 11) is -2.79. The predicted molar refractivity (Wildman–Crippen MR) is 64.8 cm³/mol. The third-order valence-electron chi connectivity index (χ3n) is 3.48. The van der Waals surface area contributed by atoms with Crippen LogP contribution in [0.5, 0.6) is 0 Å². The molecule has 2 atom stereocenters. The van der Waals surface area contributed by atoms with Crippen LogP contribution in [0.15, 0.2) is 24.3 Å². The van der Waals surface area contributed by atoms with Gasteiger partial charge in [-0.1, -0.05) is 17.7 Å². The predicted octanol–water partition coefficient (Wildman–Crippen LogP) is 1.72. The lowest BCUT2D eigenvalue weighted by molar-refractivity contribution is 0.460. The van der Waals surface area contributed by atoms with Gasteiger partial charge in [0.05, 0.1) is 10.5 Å². The molecule has 2 unspecified atom stereocenters. The van der Waals surface area contributed by atoms with Crippen LogP contribution in [-0.2, 0) is 9.84 Å². The highest BCUT2D eigenvalue weighted by Gasteiger charge is 2.51. The van der Waals surface area contributed by atoms with Crippen molar-refractivity contribution in [2.24, 2.45) is 0 Å². The van der Waals surface area contributed by atoms with Crippen molar-refractivity contribution in [2.45, 2.75) is 16.9 Å². The van der Waals surface area contributed by atoms with Crippen LogP contribution in [0.3, 0.4) is 0 Å². The molecule has 3 aliphatic rings. The molecular weight excluding hydrogens is 246 g/mol. The van der Waals surface area contributed by atoms with Crippen LogP contribution in [0.4, 0.5) is 5.69 Å². The lowest BCUT2D eigenvalue weighted by atomic mass is 10.1. The molecule has 0 radical (unpaired) electrons. The monoisotopic (exact) mass is 257 g/mol. The quantitative estimate of drug-likeness (QED) is 0.769. The summed E-state index contributed by atoms with van der Waals surface area (Å²) in [5.74, 6) is 0. The number of halogens is 1. The summed E-state index contributed by atoms with van der Waals surface area (Å²) in [6, 6.07) is 7.58. The second-order valence-corrected chi connectivity index (χ2v) is 7.40. The van der Waals surface area contributed by atoms with Crippen LogP contribution >= 0.6 is 11.6 Å². The van der Waals surface area contributed by atoms with E-state index in [0.717, 1.165) is 12.1 Å². The fraction of sp³-hybridized carbons (Fsp3) is 0.455. The molecule has 0 aliphatic carbocycles. The highest BCUT2D eigenvalue weighted by molar-refractivity contribution is 7.94. The maximum atomic E-state index is 11.6. The highest BCUT2D eigenvalue weighted by atomic mass is 35.5. The maximum Gasteiger partial charge on any atom is 0.159 e. The molecule has 16 heavy (non-hydrogen) atoms. The Morgan fingerprint density at radius 1 is 1.25 bits per heavy atom. The van der Waals surface area contributed by atoms with Crippen LogP contribution in [-0.4, -0.2) is 32.0 Å². The van der Waals surface area contributed by atoms with Crippen LogP contribution in [0.1, 0.15) is 6.42 Å². The van der Waals surface area contributed by atoms with E-state index in [4.69, 9.17) is 11.6 Å². The van der Waals surface area contributed by atoms with Gasteiger partial charge in [0.1, 0.15) is 0 Å². The molecule has 86 valence electrons. The van der Waals surface area contributed by atoms with Gasteiger partial charge in [-0.05, 0) is 24.6 Å². The molecular formula is C11H12ClNO2S. The molecule has 3 saturated heterocycles. The molecule has 3 aliphatic heterocycles. The van der Waals surface area contributed by atoms with E-state index in [1.54, 1.807) is 0 Å². The van der Waals surface area contributed by atoms with Gasteiger partial charge < -0.3 is 4.90 Å². The van der Waals surface area contributed by atoms with Crippen molar-refractivity contribution in [1.82, 2.24) is 0 Å². The van der Waals surface area contributed by atoms with Gasteiger partial charge >= 0.3 is 0 Å². The molecule has 0 aromatic heterocycles. The summed E-state index contributed by atoms with van der Waals surface area (Å²) >= 11 is 5.92. The molecule has 2 bridgehead atoms. The first kappa shape index (κ1) is 10.4. The third kappa shape index (κ3) is 1.44. The van der Waals surface area contributed by atoms with Gasteiger partial charge in [0.2, 0.25) is 0 Å². The van der Waals surface area contributed by atoms with Crippen molar-refractivity contribution in [3.05, 3.63) is 29.3 Å². The van der Waals surface area contributed by atoms with Crippen molar-refractivity contribution in [2.75, 3.05) is 18.0 Å². The van der Waals surface area contributed by atoms with Gasteiger partial charge in [0.25, 0.3) is 0 Å². The van der Waals surface area contributed by atoms with Crippen molar-refractivity contribution in [3.8, 4) is 0 Å². The van der Waals surface area contributed by atoms with E-state index >= 15 is 0 Å². The molecule has 3 nitrogen and oxygen atoms in total. The number of sulfone groups is 1. The first-order chi connectivity index (χ1) is 7.57. The number of rotatable bonds is 1. The molecule has 0 saturated carbocycles. The first-order valence-corrected chi connectivity index (χ1v) is 7.29. The van der Waals surface area contributed by atoms with Crippen LogP contribution < -0.4 is 4.90 Å². The highest BCUT2D eigenvalue weighted by Crippen LogP contribution is 2.37. The smallest absolute Gasteiger partial charge is 0.159 e.